The summed E-state index contributed by atoms with van der Waals surface area (Å²) in [6, 6.07) is 8.62. The third-order valence-corrected chi connectivity index (χ3v) is 2.90. The molecule has 3 nitrogen and oxygen atoms in total. The molecule has 2 atom stereocenters. The molecule has 3 N–H and O–H groups in total. The maximum absolute atomic E-state index is 5.90. The lowest BCUT2D eigenvalue weighted by molar-refractivity contribution is 0.332. The van der Waals surface area contributed by atoms with Crippen LogP contribution in [0.4, 0.5) is 0 Å². The maximum Gasteiger partial charge on any atom is 0.124 e. The molecule has 0 heterocycles. The second-order valence-corrected chi connectivity index (χ2v) is 4.27. The van der Waals surface area contributed by atoms with Gasteiger partial charge >= 0.3 is 0 Å². The van der Waals surface area contributed by atoms with Gasteiger partial charge in [0, 0.05) is 24.2 Å². The molecule has 17 heavy (non-hydrogen) atoms. The molecule has 0 aliphatic heterocycles. The predicted octanol–water partition coefficient (Wildman–Crippen LogP) is 2.47. The molecule has 0 bridgehead atoms. The molecule has 0 amide bonds. The van der Waals surface area contributed by atoms with Crippen LogP contribution in [0, 0.1) is 0 Å². The van der Waals surface area contributed by atoms with Gasteiger partial charge in [-0.25, -0.2) is 0 Å². The summed E-state index contributed by atoms with van der Waals surface area (Å²) in [5.41, 5.74) is 7.09. The van der Waals surface area contributed by atoms with E-state index in [1.54, 1.807) is 0 Å². The van der Waals surface area contributed by atoms with Gasteiger partial charge in [-0.2, -0.15) is 0 Å². The lowest BCUT2D eigenvalue weighted by Gasteiger charge is -2.19. The van der Waals surface area contributed by atoms with E-state index in [1.807, 2.05) is 25.1 Å². The van der Waals surface area contributed by atoms with Crippen LogP contribution in [0.25, 0.3) is 0 Å². The van der Waals surface area contributed by atoms with Crippen molar-refractivity contribution in [1.29, 1.82) is 0 Å². The summed E-state index contributed by atoms with van der Waals surface area (Å²) in [6.07, 6.45) is 0.993. The lowest BCUT2D eigenvalue weighted by Crippen LogP contribution is -2.34. The fourth-order valence-corrected chi connectivity index (χ4v) is 1.71. The molecule has 0 saturated heterocycles. The molecule has 1 aromatic rings. The molecular formula is C14H24N2O. The lowest BCUT2D eigenvalue weighted by atomic mass is 10.1. The van der Waals surface area contributed by atoms with Crippen molar-refractivity contribution < 1.29 is 4.74 Å². The number of rotatable bonds is 7. The van der Waals surface area contributed by atoms with E-state index in [9.17, 15) is 0 Å². The number of nitrogens with one attached hydrogen (secondary N) is 1. The van der Waals surface area contributed by atoms with Crippen molar-refractivity contribution in [2.24, 2.45) is 5.73 Å². The van der Waals surface area contributed by atoms with Crippen molar-refractivity contribution in [3.8, 4) is 5.75 Å². The van der Waals surface area contributed by atoms with Crippen LogP contribution in [0.5, 0.6) is 5.75 Å². The van der Waals surface area contributed by atoms with Crippen molar-refractivity contribution in [2.45, 2.75) is 39.3 Å². The second-order valence-electron chi connectivity index (χ2n) is 4.27. The summed E-state index contributed by atoms with van der Waals surface area (Å²) in [4.78, 5) is 0. The Hall–Kier alpha value is -1.06. The van der Waals surface area contributed by atoms with Crippen molar-refractivity contribution >= 4 is 0 Å². The Morgan fingerprint density at radius 1 is 1.29 bits per heavy atom. The van der Waals surface area contributed by atoms with Crippen LogP contribution in [-0.2, 0) is 0 Å². The largest absolute Gasteiger partial charge is 0.494 e. The molecule has 0 spiro atoms. The Bertz CT molecular complexity index is 328. The van der Waals surface area contributed by atoms with E-state index in [-0.39, 0.29) is 12.1 Å². The SMILES string of the molecule is CCOc1ccccc1C(C)NCC(N)CC. The molecule has 0 radical (unpaired) electrons. The van der Waals surface area contributed by atoms with Gasteiger partial charge in [0.15, 0.2) is 0 Å². The van der Waals surface area contributed by atoms with Crippen LogP contribution in [0.2, 0.25) is 0 Å². The van der Waals surface area contributed by atoms with Gasteiger partial charge in [-0.15, -0.1) is 0 Å². The van der Waals surface area contributed by atoms with E-state index in [1.165, 1.54) is 5.56 Å². The molecule has 0 aliphatic carbocycles. The maximum atomic E-state index is 5.90. The van der Waals surface area contributed by atoms with Crippen LogP contribution in [-0.4, -0.2) is 19.2 Å². The van der Waals surface area contributed by atoms with Crippen molar-refractivity contribution in [1.82, 2.24) is 5.32 Å². The number of hydrogen-bond donors (Lipinski definition) is 2. The summed E-state index contributed by atoms with van der Waals surface area (Å²) in [7, 11) is 0. The topological polar surface area (TPSA) is 47.3 Å². The molecule has 0 aliphatic rings. The van der Waals surface area contributed by atoms with E-state index < -0.39 is 0 Å². The Kier molecular flexibility index (Phi) is 6.01. The monoisotopic (exact) mass is 236 g/mol. The van der Waals surface area contributed by atoms with Crippen LogP contribution in [0.1, 0.15) is 38.8 Å². The fraction of sp³-hybridized carbons (Fsp3) is 0.571. The number of nitrogens with two attached hydrogens (primary N) is 1. The number of para-hydroxylation sites is 1. The fourth-order valence-electron chi connectivity index (χ4n) is 1.71. The predicted molar refractivity (Wildman–Crippen MR) is 72.3 cm³/mol. The zero-order valence-corrected chi connectivity index (χ0v) is 11.1. The third-order valence-electron chi connectivity index (χ3n) is 2.90. The van der Waals surface area contributed by atoms with E-state index in [0.717, 1.165) is 18.7 Å². The summed E-state index contributed by atoms with van der Waals surface area (Å²) in [5.74, 6) is 0.958. The van der Waals surface area contributed by atoms with E-state index in [0.29, 0.717) is 6.61 Å². The van der Waals surface area contributed by atoms with Crippen LogP contribution in [0.15, 0.2) is 24.3 Å². The van der Waals surface area contributed by atoms with E-state index >= 15 is 0 Å². The van der Waals surface area contributed by atoms with Crippen LogP contribution in [0.3, 0.4) is 0 Å². The minimum Gasteiger partial charge on any atom is -0.494 e. The molecule has 3 heteroatoms. The van der Waals surface area contributed by atoms with Crippen molar-refractivity contribution in [2.75, 3.05) is 13.2 Å². The summed E-state index contributed by atoms with van der Waals surface area (Å²) in [5, 5.41) is 3.44. The van der Waals surface area contributed by atoms with Crippen molar-refractivity contribution in [3.05, 3.63) is 29.8 Å². The van der Waals surface area contributed by atoms with Gasteiger partial charge in [-0.1, -0.05) is 25.1 Å². The molecule has 0 aromatic heterocycles. The highest BCUT2D eigenvalue weighted by molar-refractivity contribution is 5.35. The highest BCUT2D eigenvalue weighted by atomic mass is 16.5. The van der Waals surface area contributed by atoms with Gasteiger partial charge in [-0.3, -0.25) is 0 Å². The van der Waals surface area contributed by atoms with Gasteiger partial charge in [-0.05, 0) is 26.3 Å². The summed E-state index contributed by atoms with van der Waals surface area (Å²) >= 11 is 0. The molecule has 1 aromatic carbocycles. The Balaban J connectivity index is 2.64. The zero-order valence-electron chi connectivity index (χ0n) is 11.1. The van der Waals surface area contributed by atoms with Gasteiger partial charge in [0.1, 0.15) is 5.75 Å². The second kappa shape index (κ2) is 7.30. The minimum atomic E-state index is 0.219. The first-order chi connectivity index (χ1) is 8.19. The molecule has 1 rings (SSSR count). The molecule has 0 saturated carbocycles. The number of hydrogen-bond acceptors (Lipinski definition) is 3. The minimum absolute atomic E-state index is 0.219. The van der Waals surface area contributed by atoms with Gasteiger partial charge in [0.2, 0.25) is 0 Å². The van der Waals surface area contributed by atoms with Gasteiger partial charge in [0.25, 0.3) is 0 Å². The quantitative estimate of drug-likeness (QED) is 0.764. The number of ether oxygens (including phenoxy) is 1. The Morgan fingerprint density at radius 2 is 2.00 bits per heavy atom. The first-order valence-electron chi connectivity index (χ1n) is 6.39. The van der Waals surface area contributed by atoms with Crippen LogP contribution >= 0.6 is 0 Å². The van der Waals surface area contributed by atoms with Crippen LogP contribution < -0.4 is 15.8 Å². The highest BCUT2D eigenvalue weighted by Gasteiger charge is 2.11. The first-order valence-corrected chi connectivity index (χ1v) is 6.39. The van der Waals surface area contributed by atoms with Gasteiger partial charge < -0.3 is 15.8 Å². The average molecular weight is 236 g/mol. The normalized spacial score (nSPS) is 14.4. The first kappa shape index (κ1) is 14.0. The number of benzene rings is 1. The zero-order chi connectivity index (χ0) is 12.7. The molecule has 0 fully saturated rings. The highest BCUT2D eigenvalue weighted by Crippen LogP contribution is 2.24. The summed E-state index contributed by atoms with van der Waals surface area (Å²) in [6.45, 7) is 7.77. The smallest absolute Gasteiger partial charge is 0.124 e. The average Bonchev–Trinajstić information content (AvgIpc) is 2.36. The van der Waals surface area contributed by atoms with E-state index in [2.05, 4.69) is 25.2 Å². The van der Waals surface area contributed by atoms with Crippen molar-refractivity contribution in [3.63, 3.8) is 0 Å². The Morgan fingerprint density at radius 3 is 2.65 bits per heavy atom. The molecule has 96 valence electrons. The Labute approximate surface area is 104 Å². The van der Waals surface area contributed by atoms with E-state index in [4.69, 9.17) is 10.5 Å². The standard InChI is InChI=1S/C14H24N2O/c1-4-12(15)10-16-11(3)13-8-6-7-9-14(13)17-5-2/h6-9,11-12,16H,4-5,10,15H2,1-3H3. The third kappa shape index (κ3) is 4.36. The van der Waals surface area contributed by atoms with Gasteiger partial charge in [0.05, 0.1) is 6.61 Å². The summed E-state index contributed by atoms with van der Waals surface area (Å²) < 4.78 is 5.62. The molecular weight excluding hydrogens is 212 g/mol. The molecule has 2 unspecified atom stereocenters.